The van der Waals surface area contributed by atoms with E-state index < -0.39 is 23.7 Å². The number of carbonyl (C=O) groups excluding carboxylic acids is 1. The fourth-order valence-electron chi connectivity index (χ4n) is 1.15. The molecule has 0 bridgehead atoms. The standard InChI is InChI=1S/C8H17NO4/c1-5(10)7(12)8(2,13-3)4-6(9)11/h5,7,10,12H,4H2,1-3H3,(H2,9,11). The Bertz CT molecular complexity index is 183. The van der Waals surface area contributed by atoms with E-state index in [2.05, 4.69) is 0 Å². The quantitative estimate of drug-likeness (QED) is 0.520. The molecule has 0 aromatic rings. The number of aliphatic hydroxyl groups excluding tert-OH is 2. The Hall–Kier alpha value is -0.650. The van der Waals surface area contributed by atoms with Crippen LogP contribution in [-0.4, -0.2) is 41.0 Å². The highest BCUT2D eigenvalue weighted by Gasteiger charge is 2.37. The van der Waals surface area contributed by atoms with Gasteiger partial charge in [0.05, 0.1) is 12.5 Å². The third kappa shape index (κ3) is 3.30. The third-order valence-electron chi connectivity index (χ3n) is 2.07. The molecule has 4 N–H and O–H groups in total. The van der Waals surface area contributed by atoms with E-state index in [4.69, 9.17) is 15.6 Å². The van der Waals surface area contributed by atoms with Crippen molar-refractivity contribution in [3.63, 3.8) is 0 Å². The summed E-state index contributed by atoms with van der Waals surface area (Å²) in [6.07, 6.45) is -2.23. The lowest BCUT2D eigenvalue weighted by Gasteiger charge is -2.33. The minimum atomic E-state index is -1.13. The average molecular weight is 191 g/mol. The van der Waals surface area contributed by atoms with Gasteiger partial charge < -0.3 is 20.7 Å². The van der Waals surface area contributed by atoms with Crippen LogP contribution in [0.25, 0.3) is 0 Å². The predicted octanol–water partition coefficient (Wildman–Crippen LogP) is -0.991. The number of rotatable bonds is 5. The Morgan fingerprint density at radius 3 is 2.31 bits per heavy atom. The van der Waals surface area contributed by atoms with Crippen LogP contribution in [0.15, 0.2) is 0 Å². The molecule has 0 fully saturated rings. The van der Waals surface area contributed by atoms with E-state index in [9.17, 15) is 9.90 Å². The molecule has 0 aliphatic heterocycles. The second-order valence-corrected chi connectivity index (χ2v) is 3.35. The summed E-state index contributed by atoms with van der Waals surface area (Å²) < 4.78 is 4.96. The van der Waals surface area contributed by atoms with Gasteiger partial charge in [0.15, 0.2) is 0 Å². The van der Waals surface area contributed by atoms with Crippen molar-refractivity contribution < 1.29 is 19.7 Å². The van der Waals surface area contributed by atoms with Gasteiger partial charge in [0.25, 0.3) is 0 Å². The molecule has 0 saturated carbocycles. The minimum absolute atomic E-state index is 0.129. The first kappa shape index (κ1) is 12.3. The van der Waals surface area contributed by atoms with Crippen molar-refractivity contribution in [3.8, 4) is 0 Å². The van der Waals surface area contributed by atoms with Crippen LogP contribution in [0.5, 0.6) is 0 Å². The van der Waals surface area contributed by atoms with Crippen LogP contribution in [-0.2, 0) is 9.53 Å². The summed E-state index contributed by atoms with van der Waals surface area (Å²) in [5.74, 6) is -0.580. The van der Waals surface area contributed by atoms with E-state index in [1.165, 1.54) is 21.0 Å². The zero-order valence-electron chi connectivity index (χ0n) is 8.15. The van der Waals surface area contributed by atoms with Crippen LogP contribution >= 0.6 is 0 Å². The van der Waals surface area contributed by atoms with Gasteiger partial charge in [0, 0.05) is 7.11 Å². The van der Waals surface area contributed by atoms with Gasteiger partial charge in [-0.25, -0.2) is 0 Å². The Morgan fingerprint density at radius 1 is 1.62 bits per heavy atom. The number of nitrogens with two attached hydrogens (primary N) is 1. The summed E-state index contributed by atoms with van der Waals surface area (Å²) in [6.45, 7) is 2.94. The molecule has 0 aromatic carbocycles. The average Bonchev–Trinajstić information content (AvgIpc) is 2.01. The maximum Gasteiger partial charge on any atom is 0.220 e. The topological polar surface area (TPSA) is 92.8 Å². The molecular weight excluding hydrogens is 174 g/mol. The lowest BCUT2D eigenvalue weighted by atomic mass is 9.91. The molecular formula is C8H17NO4. The van der Waals surface area contributed by atoms with Crippen LogP contribution in [0.2, 0.25) is 0 Å². The SMILES string of the molecule is COC(C)(CC(N)=O)C(O)C(C)O. The van der Waals surface area contributed by atoms with Crippen molar-refractivity contribution in [1.29, 1.82) is 0 Å². The molecule has 0 heterocycles. The van der Waals surface area contributed by atoms with Crippen molar-refractivity contribution in [2.24, 2.45) is 5.73 Å². The number of hydrogen-bond acceptors (Lipinski definition) is 4. The molecule has 5 heteroatoms. The summed E-state index contributed by atoms with van der Waals surface area (Å²) in [6, 6.07) is 0. The molecule has 5 nitrogen and oxygen atoms in total. The van der Waals surface area contributed by atoms with Crippen molar-refractivity contribution >= 4 is 5.91 Å². The minimum Gasteiger partial charge on any atom is -0.391 e. The smallest absolute Gasteiger partial charge is 0.220 e. The zero-order valence-corrected chi connectivity index (χ0v) is 8.15. The Kier molecular flexibility index (Phi) is 4.32. The third-order valence-corrected chi connectivity index (χ3v) is 2.07. The molecule has 78 valence electrons. The van der Waals surface area contributed by atoms with Gasteiger partial charge in [-0.2, -0.15) is 0 Å². The molecule has 0 aromatic heterocycles. The lowest BCUT2D eigenvalue weighted by molar-refractivity contribution is -0.147. The molecule has 1 amide bonds. The highest BCUT2D eigenvalue weighted by Crippen LogP contribution is 2.21. The highest BCUT2D eigenvalue weighted by atomic mass is 16.5. The molecule has 3 atom stereocenters. The van der Waals surface area contributed by atoms with Crippen molar-refractivity contribution in [3.05, 3.63) is 0 Å². The summed E-state index contributed by atoms with van der Waals surface area (Å²) in [5, 5.41) is 18.6. The number of aliphatic hydroxyl groups is 2. The zero-order chi connectivity index (χ0) is 10.6. The number of amides is 1. The summed E-state index contributed by atoms with van der Waals surface area (Å²) in [5.41, 5.74) is 3.86. The van der Waals surface area contributed by atoms with E-state index in [0.717, 1.165) is 0 Å². The van der Waals surface area contributed by atoms with Crippen LogP contribution in [0.3, 0.4) is 0 Å². The van der Waals surface area contributed by atoms with Crippen molar-refractivity contribution in [2.45, 2.75) is 38.1 Å². The van der Waals surface area contributed by atoms with Gasteiger partial charge in [-0.05, 0) is 13.8 Å². The first-order valence-corrected chi connectivity index (χ1v) is 4.03. The summed E-state index contributed by atoms with van der Waals surface area (Å²) in [4.78, 5) is 10.7. The van der Waals surface area contributed by atoms with E-state index in [1.54, 1.807) is 0 Å². The maximum atomic E-state index is 10.7. The van der Waals surface area contributed by atoms with E-state index in [0.29, 0.717) is 0 Å². The van der Waals surface area contributed by atoms with Crippen LogP contribution in [0.1, 0.15) is 20.3 Å². The monoisotopic (exact) mass is 191 g/mol. The van der Waals surface area contributed by atoms with Gasteiger partial charge in [-0.15, -0.1) is 0 Å². The fourth-order valence-corrected chi connectivity index (χ4v) is 1.15. The Morgan fingerprint density at radius 2 is 2.08 bits per heavy atom. The van der Waals surface area contributed by atoms with Gasteiger partial charge in [0.1, 0.15) is 11.7 Å². The predicted molar refractivity (Wildman–Crippen MR) is 46.9 cm³/mol. The number of methoxy groups -OCH3 is 1. The first-order chi connectivity index (χ1) is 5.83. The number of ether oxygens (including phenoxy) is 1. The van der Waals surface area contributed by atoms with Gasteiger partial charge >= 0.3 is 0 Å². The van der Waals surface area contributed by atoms with Crippen LogP contribution in [0, 0.1) is 0 Å². The van der Waals surface area contributed by atoms with Crippen molar-refractivity contribution in [2.75, 3.05) is 7.11 Å². The van der Waals surface area contributed by atoms with Gasteiger partial charge in [-0.1, -0.05) is 0 Å². The Balaban J connectivity index is 4.51. The van der Waals surface area contributed by atoms with Gasteiger partial charge in [0.2, 0.25) is 5.91 Å². The Labute approximate surface area is 77.5 Å². The summed E-state index contributed by atoms with van der Waals surface area (Å²) in [7, 11) is 1.36. The number of primary amides is 1. The molecule has 0 aliphatic carbocycles. The molecule has 0 rings (SSSR count). The highest BCUT2D eigenvalue weighted by molar-refractivity contribution is 5.75. The van der Waals surface area contributed by atoms with E-state index in [1.807, 2.05) is 0 Å². The first-order valence-electron chi connectivity index (χ1n) is 4.03. The number of carbonyl (C=O) groups is 1. The maximum absolute atomic E-state index is 10.7. The van der Waals surface area contributed by atoms with Crippen molar-refractivity contribution in [1.82, 2.24) is 0 Å². The lowest BCUT2D eigenvalue weighted by Crippen LogP contribution is -2.49. The van der Waals surface area contributed by atoms with E-state index >= 15 is 0 Å². The van der Waals surface area contributed by atoms with Gasteiger partial charge in [-0.3, -0.25) is 4.79 Å². The molecule has 0 aliphatic rings. The normalized spacial score (nSPS) is 20.4. The molecule has 3 unspecified atom stereocenters. The fraction of sp³-hybridized carbons (Fsp3) is 0.875. The number of hydrogen-bond donors (Lipinski definition) is 3. The molecule has 0 spiro atoms. The molecule has 0 radical (unpaired) electrons. The van der Waals surface area contributed by atoms with Crippen LogP contribution in [0.4, 0.5) is 0 Å². The van der Waals surface area contributed by atoms with E-state index in [-0.39, 0.29) is 6.42 Å². The molecule has 0 saturated heterocycles. The van der Waals surface area contributed by atoms with Crippen LogP contribution < -0.4 is 5.73 Å². The molecule has 13 heavy (non-hydrogen) atoms. The second-order valence-electron chi connectivity index (χ2n) is 3.35. The summed E-state index contributed by atoms with van der Waals surface area (Å²) >= 11 is 0. The largest absolute Gasteiger partial charge is 0.391 e. The second kappa shape index (κ2) is 4.55.